The average Bonchev–Trinajstić information content (AvgIpc) is 2.26. The molecule has 1 heterocycles. The number of aryl methyl sites for hydroxylation is 1. The van der Waals surface area contributed by atoms with Gasteiger partial charge in [-0.25, -0.2) is 9.97 Å². The lowest BCUT2D eigenvalue weighted by molar-refractivity contribution is 0.0356. The van der Waals surface area contributed by atoms with E-state index in [1.54, 1.807) is 26.4 Å². The van der Waals surface area contributed by atoms with Crippen molar-refractivity contribution in [3.8, 4) is 0 Å². The molecule has 0 aromatic carbocycles. The smallest absolute Gasteiger partial charge is 0.222 e. The van der Waals surface area contributed by atoms with Gasteiger partial charge in [-0.2, -0.15) is 0 Å². The molecule has 5 nitrogen and oxygen atoms in total. The maximum Gasteiger partial charge on any atom is 0.222 e. The Morgan fingerprint density at radius 3 is 2.62 bits per heavy atom. The van der Waals surface area contributed by atoms with Gasteiger partial charge in [0, 0.05) is 39.1 Å². The van der Waals surface area contributed by atoms with Gasteiger partial charge in [-0.3, -0.25) is 0 Å². The van der Waals surface area contributed by atoms with Gasteiger partial charge in [0.2, 0.25) is 5.95 Å². The van der Waals surface area contributed by atoms with Crippen LogP contribution in [0, 0.1) is 6.92 Å². The number of methoxy groups -OCH3 is 1. The Hall–Kier alpha value is -1.20. The van der Waals surface area contributed by atoms with Gasteiger partial charge in [-0.05, 0) is 19.4 Å². The number of nitrogens with zero attached hydrogens (tertiary/aromatic N) is 2. The minimum Gasteiger partial charge on any atom is -0.388 e. The summed E-state index contributed by atoms with van der Waals surface area (Å²) in [7, 11) is 1.62. The van der Waals surface area contributed by atoms with Crippen LogP contribution in [0.3, 0.4) is 0 Å². The van der Waals surface area contributed by atoms with Crippen LogP contribution in [0.4, 0.5) is 5.95 Å². The summed E-state index contributed by atoms with van der Waals surface area (Å²) in [6, 6.07) is 0. The first-order chi connectivity index (χ1) is 7.53. The van der Waals surface area contributed by atoms with Crippen molar-refractivity contribution in [2.45, 2.75) is 25.9 Å². The predicted molar refractivity (Wildman–Crippen MR) is 62.4 cm³/mol. The Morgan fingerprint density at radius 1 is 1.44 bits per heavy atom. The van der Waals surface area contributed by atoms with E-state index in [2.05, 4.69) is 15.3 Å². The zero-order chi connectivity index (χ0) is 12.0. The molecule has 0 fully saturated rings. The maximum absolute atomic E-state index is 9.96. The topological polar surface area (TPSA) is 67.3 Å². The van der Waals surface area contributed by atoms with Crippen LogP contribution >= 0.6 is 0 Å². The highest BCUT2D eigenvalue weighted by Gasteiger charge is 2.19. The molecule has 90 valence electrons. The normalized spacial score (nSPS) is 14.5. The third-order valence-electron chi connectivity index (χ3n) is 2.25. The number of aromatic nitrogens is 2. The minimum absolute atomic E-state index is 0.402. The maximum atomic E-state index is 9.96. The number of hydrogen-bond donors (Lipinski definition) is 2. The van der Waals surface area contributed by atoms with Gasteiger partial charge in [0.05, 0.1) is 5.60 Å². The van der Waals surface area contributed by atoms with E-state index in [9.17, 15) is 5.11 Å². The largest absolute Gasteiger partial charge is 0.388 e. The summed E-state index contributed by atoms with van der Waals surface area (Å²) in [6.45, 7) is 4.62. The molecule has 0 radical (unpaired) electrons. The van der Waals surface area contributed by atoms with Gasteiger partial charge in [0.1, 0.15) is 0 Å². The highest BCUT2D eigenvalue weighted by Crippen LogP contribution is 2.10. The Bertz CT molecular complexity index is 312. The van der Waals surface area contributed by atoms with Crippen molar-refractivity contribution in [1.29, 1.82) is 0 Å². The molecule has 5 heteroatoms. The second kappa shape index (κ2) is 5.77. The third-order valence-corrected chi connectivity index (χ3v) is 2.25. The van der Waals surface area contributed by atoms with E-state index in [-0.39, 0.29) is 0 Å². The molecule has 0 saturated heterocycles. The first kappa shape index (κ1) is 12.9. The van der Waals surface area contributed by atoms with Crippen LogP contribution in [0.15, 0.2) is 12.4 Å². The molecular weight excluding hydrogens is 206 g/mol. The number of rotatable bonds is 6. The summed E-state index contributed by atoms with van der Waals surface area (Å²) in [6.07, 6.45) is 4.04. The Labute approximate surface area is 95.9 Å². The lowest BCUT2D eigenvalue weighted by Gasteiger charge is -2.23. The van der Waals surface area contributed by atoms with E-state index in [1.807, 2.05) is 6.92 Å². The van der Waals surface area contributed by atoms with Gasteiger partial charge in [0.15, 0.2) is 0 Å². The molecule has 0 amide bonds. The van der Waals surface area contributed by atoms with Crippen LogP contribution in [0.5, 0.6) is 0 Å². The molecule has 16 heavy (non-hydrogen) atoms. The molecule has 1 aromatic heterocycles. The molecule has 0 bridgehead atoms. The Balaban J connectivity index is 2.41. The molecule has 2 N–H and O–H groups in total. The molecule has 0 saturated carbocycles. The molecule has 1 atom stereocenters. The van der Waals surface area contributed by atoms with Crippen LogP contribution < -0.4 is 5.32 Å². The van der Waals surface area contributed by atoms with Crippen molar-refractivity contribution in [3.05, 3.63) is 18.0 Å². The van der Waals surface area contributed by atoms with Crippen LogP contribution in [0.2, 0.25) is 0 Å². The number of hydrogen-bond acceptors (Lipinski definition) is 5. The van der Waals surface area contributed by atoms with Crippen molar-refractivity contribution in [3.63, 3.8) is 0 Å². The lowest BCUT2D eigenvalue weighted by Crippen LogP contribution is -2.35. The summed E-state index contributed by atoms with van der Waals surface area (Å²) < 4.78 is 4.93. The van der Waals surface area contributed by atoms with Crippen LogP contribution in [-0.4, -0.2) is 40.9 Å². The van der Waals surface area contributed by atoms with Gasteiger partial charge in [0.25, 0.3) is 0 Å². The van der Waals surface area contributed by atoms with E-state index in [4.69, 9.17) is 4.74 Å². The van der Waals surface area contributed by atoms with Crippen molar-refractivity contribution >= 4 is 5.95 Å². The SMILES string of the molecule is COCCC(C)(O)CNc1ncc(C)cn1. The Morgan fingerprint density at radius 2 is 2.06 bits per heavy atom. The minimum atomic E-state index is -0.815. The molecule has 0 aliphatic heterocycles. The standard InChI is InChI=1S/C11H19N3O2/c1-9-6-12-10(13-7-9)14-8-11(2,15)4-5-16-3/h6-7,15H,4-5,8H2,1-3H3,(H,12,13,14). The van der Waals surface area contributed by atoms with Gasteiger partial charge in [-0.15, -0.1) is 0 Å². The predicted octanol–water partition coefficient (Wildman–Crippen LogP) is 0.984. The molecule has 0 aliphatic rings. The van der Waals surface area contributed by atoms with E-state index < -0.39 is 5.60 Å². The molecule has 0 aliphatic carbocycles. The van der Waals surface area contributed by atoms with Crippen molar-refractivity contribution in [2.75, 3.05) is 25.6 Å². The molecule has 0 spiro atoms. The summed E-state index contributed by atoms with van der Waals surface area (Å²) in [4.78, 5) is 8.19. The van der Waals surface area contributed by atoms with Crippen LogP contribution in [0.1, 0.15) is 18.9 Å². The number of ether oxygens (including phenoxy) is 1. The summed E-state index contributed by atoms with van der Waals surface area (Å²) in [5.74, 6) is 0.531. The average molecular weight is 225 g/mol. The monoisotopic (exact) mass is 225 g/mol. The van der Waals surface area contributed by atoms with Crippen LogP contribution in [0.25, 0.3) is 0 Å². The third kappa shape index (κ3) is 4.55. The quantitative estimate of drug-likeness (QED) is 0.755. The van der Waals surface area contributed by atoms with Gasteiger partial charge >= 0.3 is 0 Å². The Kier molecular flexibility index (Phi) is 4.64. The van der Waals surface area contributed by atoms with E-state index in [0.29, 0.717) is 25.5 Å². The van der Waals surface area contributed by atoms with Crippen molar-refractivity contribution < 1.29 is 9.84 Å². The fraction of sp³-hybridized carbons (Fsp3) is 0.636. The number of anilines is 1. The number of aliphatic hydroxyl groups is 1. The van der Waals surface area contributed by atoms with E-state index in [1.165, 1.54) is 0 Å². The molecular formula is C11H19N3O2. The summed E-state index contributed by atoms with van der Waals surface area (Å²) in [5.41, 5.74) is 0.196. The van der Waals surface area contributed by atoms with Crippen LogP contribution in [-0.2, 0) is 4.74 Å². The fourth-order valence-corrected chi connectivity index (χ4v) is 1.16. The molecule has 1 aromatic rings. The second-order valence-electron chi connectivity index (χ2n) is 4.18. The van der Waals surface area contributed by atoms with Gasteiger partial charge < -0.3 is 15.2 Å². The zero-order valence-corrected chi connectivity index (χ0v) is 10.0. The first-order valence-electron chi connectivity index (χ1n) is 5.27. The second-order valence-corrected chi connectivity index (χ2v) is 4.18. The summed E-state index contributed by atoms with van der Waals surface area (Å²) >= 11 is 0. The zero-order valence-electron chi connectivity index (χ0n) is 10.0. The summed E-state index contributed by atoms with van der Waals surface area (Å²) in [5, 5.41) is 13.0. The van der Waals surface area contributed by atoms with Crippen molar-refractivity contribution in [1.82, 2.24) is 9.97 Å². The first-order valence-corrected chi connectivity index (χ1v) is 5.27. The highest BCUT2D eigenvalue weighted by atomic mass is 16.5. The van der Waals surface area contributed by atoms with Gasteiger partial charge in [-0.1, -0.05) is 0 Å². The molecule has 1 rings (SSSR count). The highest BCUT2D eigenvalue weighted by molar-refractivity contribution is 5.24. The molecule has 1 unspecified atom stereocenters. The fourth-order valence-electron chi connectivity index (χ4n) is 1.16. The van der Waals surface area contributed by atoms with Crippen molar-refractivity contribution in [2.24, 2.45) is 0 Å². The van der Waals surface area contributed by atoms with E-state index >= 15 is 0 Å². The number of nitrogens with one attached hydrogen (secondary N) is 1. The van der Waals surface area contributed by atoms with E-state index in [0.717, 1.165) is 5.56 Å². The lowest BCUT2D eigenvalue weighted by atomic mass is 10.0.